The van der Waals surface area contributed by atoms with Crippen molar-refractivity contribution in [1.82, 2.24) is 4.98 Å². The van der Waals surface area contributed by atoms with Crippen molar-refractivity contribution in [1.29, 1.82) is 0 Å². The number of hydrogen-bond acceptors (Lipinski definition) is 4. The van der Waals surface area contributed by atoms with Crippen molar-refractivity contribution in [3.05, 3.63) is 76.1 Å². The van der Waals surface area contributed by atoms with Crippen LogP contribution in [0.2, 0.25) is 0 Å². The van der Waals surface area contributed by atoms with E-state index in [0.29, 0.717) is 28.8 Å². The van der Waals surface area contributed by atoms with Crippen molar-refractivity contribution >= 4 is 16.7 Å². The first kappa shape index (κ1) is 15.0. The monoisotopic (exact) mass is 308 g/mol. The van der Waals surface area contributed by atoms with Crippen LogP contribution in [-0.4, -0.2) is 17.3 Å². The molecule has 5 heteroatoms. The zero-order valence-electron chi connectivity index (χ0n) is 12.4. The van der Waals surface area contributed by atoms with Gasteiger partial charge in [-0.1, -0.05) is 30.3 Å². The van der Waals surface area contributed by atoms with Crippen molar-refractivity contribution in [3.63, 3.8) is 0 Å². The highest BCUT2D eigenvalue weighted by atomic mass is 16.5. The molecule has 0 atom stereocenters. The van der Waals surface area contributed by atoms with Crippen molar-refractivity contribution in [2.45, 2.75) is 6.61 Å². The number of Topliss-reactive ketones (excluding diaryl/α,β-unsaturated/α-hetero) is 1. The minimum Gasteiger partial charge on any atom is -0.487 e. The molecule has 0 aliphatic rings. The fraction of sp³-hybridized carbons (Fsp3) is 0.111. The largest absolute Gasteiger partial charge is 0.487 e. The summed E-state index contributed by atoms with van der Waals surface area (Å²) in [7, 11) is 0. The van der Waals surface area contributed by atoms with Gasteiger partial charge in [-0.05, 0) is 23.8 Å². The van der Waals surface area contributed by atoms with Gasteiger partial charge in [0.1, 0.15) is 12.4 Å². The fourth-order valence-electron chi connectivity index (χ4n) is 2.43. The molecule has 23 heavy (non-hydrogen) atoms. The number of nitrogens with two attached hydrogens (primary N) is 1. The van der Waals surface area contributed by atoms with Crippen LogP contribution in [0.25, 0.3) is 10.9 Å². The maximum absolute atomic E-state index is 11.9. The Morgan fingerprint density at radius 1 is 1.04 bits per heavy atom. The molecule has 0 unspecified atom stereocenters. The van der Waals surface area contributed by atoms with E-state index in [1.54, 1.807) is 18.2 Å². The molecular weight excluding hydrogens is 292 g/mol. The summed E-state index contributed by atoms with van der Waals surface area (Å²) >= 11 is 0. The van der Waals surface area contributed by atoms with Crippen molar-refractivity contribution < 1.29 is 9.53 Å². The number of nitrogens with one attached hydrogen (secondary N) is 1. The van der Waals surface area contributed by atoms with Gasteiger partial charge in [0.25, 0.3) is 0 Å². The molecule has 1 aromatic heterocycles. The average Bonchev–Trinajstić information content (AvgIpc) is 2.59. The van der Waals surface area contributed by atoms with Gasteiger partial charge in [0.2, 0.25) is 5.56 Å². The normalized spacial score (nSPS) is 10.7. The zero-order valence-corrected chi connectivity index (χ0v) is 12.4. The number of hydrogen-bond donors (Lipinski definition) is 2. The molecule has 0 saturated heterocycles. The number of rotatable bonds is 5. The maximum atomic E-state index is 11.9. The van der Waals surface area contributed by atoms with Crippen LogP contribution in [0.15, 0.2) is 59.4 Å². The number of ketones is 1. The molecule has 0 radical (unpaired) electrons. The van der Waals surface area contributed by atoms with E-state index < -0.39 is 0 Å². The zero-order chi connectivity index (χ0) is 16.2. The van der Waals surface area contributed by atoms with E-state index in [4.69, 9.17) is 10.5 Å². The first-order valence-electron chi connectivity index (χ1n) is 7.25. The second-order valence-electron chi connectivity index (χ2n) is 5.12. The molecule has 2 aromatic carbocycles. The summed E-state index contributed by atoms with van der Waals surface area (Å²) in [5.74, 6) is 0.340. The number of carbonyl (C=O) groups excluding carboxylic acids is 1. The molecule has 0 aliphatic carbocycles. The minimum absolute atomic E-state index is 0.0849. The Hall–Kier alpha value is -2.92. The van der Waals surface area contributed by atoms with Crippen LogP contribution in [0.4, 0.5) is 0 Å². The molecule has 0 bridgehead atoms. The number of benzene rings is 2. The molecule has 0 spiro atoms. The van der Waals surface area contributed by atoms with Crippen LogP contribution in [0.1, 0.15) is 15.9 Å². The summed E-state index contributed by atoms with van der Waals surface area (Å²) < 4.78 is 5.82. The van der Waals surface area contributed by atoms with Gasteiger partial charge in [-0.15, -0.1) is 0 Å². The Kier molecular flexibility index (Phi) is 4.21. The number of H-pyrrole nitrogens is 1. The van der Waals surface area contributed by atoms with Crippen LogP contribution in [-0.2, 0) is 6.61 Å². The average molecular weight is 308 g/mol. The topological polar surface area (TPSA) is 85.2 Å². The van der Waals surface area contributed by atoms with Crippen LogP contribution < -0.4 is 16.0 Å². The first-order valence-corrected chi connectivity index (χ1v) is 7.25. The van der Waals surface area contributed by atoms with E-state index in [9.17, 15) is 9.59 Å². The molecule has 5 nitrogen and oxygen atoms in total. The Morgan fingerprint density at radius 3 is 2.57 bits per heavy atom. The Balaban J connectivity index is 2.02. The number of fused-ring (bicyclic) bond motifs is 1. The smallest absolute Gasteiger partial charge is 0.248 e. The summed E-state index contributed by atoms with van der Waals surface area (Å²) in [5.41, 5.74) is 7.19. The van der Waals surface area contributed by atoms with Crippen LogP contribution >= 0.6 is 0 Å². The lowest BCUT2D eigenvalue weighted by Crippen LogP contribution is -2.15. The van der Waals surface area contributed by atoms with Gasteiger partial charge in [-0.3, -0.25) is 9.59 Å². The highest BCUT2D eigenvalue weighted by Gasteiger charge is 2.13. The predicted octanol–water partition coefficient (Wildman–Crippen LogP) is 2.25. The Bertz CT molecular complexity index is 901. The number of aromatic amines is 1. The Labute approximate surface area is 132 Å². The van der Waals surface area contributed by atoms with Gasteiger partial charge in [0, 0.05) is 17.0 Å². The second-order valence-corrected chi connectivity index (χ2v) is 5.12. The van der Waals surface area contributed by atoms with E-state index in [0.717, 1.165) is 5.56 Å². The second kappa shape index (κ2) is 6.46. The molecular formula is C18H16N2O3. The maximum Gasteiger partial charge on any atom is 0.248 e. The molecule has 0 fully saturated rings. The lowest BCUT2D eigenvalue weighted by atomic mass is 10.0. The van der Waals surface area contributed by atoms with E-state index in [-0.39, 0.29) is 17.9 Å². The number of aromatic nitrogens is 1. The molecule has 0 saturated carbocycles. The number of ether oxygens (including phenoxy) is 1. The van der Waals surface area contributed by atoms with E-state index in [2.05, 4.69) is 4.98 Å². The van der Waals surface area contributed by atoms with Gasteiger partial charge < -0.3 is 15.5 Å². The van der Waals surface area contributed by atoms with Gasteiger partial charge in [0.05, 0.1) is 12.1 Å². The SMILES string of the molecule is NCC(=O)c1ccc(OCc2ccccc2)c2[nH]c(=O)ccc12. The van der Waals surface area contributed by atoms with Crippen molar-refractivity contribution in [3.8, 4) is 5.75 Å². The summed E-state index contributed by atoms with van der Waals surface area (Å²) in [6, 6.07) is 16.1. The third kappa shape index (κ3) is 3.14. The van der Waals surface area contributed by atoms with Gasteiger partial charge >= 0.3 is 0 Å². The van der Waals surface area contributed by atoms with Gasteiger partial charge in [-0.25, -0.2) is 0 Å². The first-order chi connectivity index (χ1) is 11.2. The van der Waals surface area contributed by atoms with Crippen LogP contribution in [0.5, 0.6) is 5.75 Å². The molecule has 3 N–H and O–H groups in total. The van der Waals surface area contributed by atoms with Crippen molar-refractivity contribution in [2.75, 3.05) is 6.54 Å². The summed E-state index contributed by atoms with van der Waals surface area (Å²) in [4.78, 5) is 26.3. The van der Waals surface area contributed by atoms with Crippen molar-refractivity contribution in [2.24, 2.45) is 5.73 Å². The predicted molar refractivity (Wildman–Crippen MR) is 88.7 cm³/mol. The lowest BCUT2D eigenvalue weighted by molar-refractivity contribution is 0.100. The molecule has 1 heterocycles. The third-order valence-electron chi connectivity index (χ3n) is 3.58. The lowest BCUT2D eigenvalue weighted by Gasteiger charge is -2.11. The summed E-state index contributed by atoms with van der Waals surface area (Å²) in [6.45, 7) is 0.287. The number of carbonyl (C=O) groups is 1. The summed E-state index contributed by atoms with van der Waals surface area (Å²) in [5, 5.41) is 0.630. The van der Waals surface area contributed by atoms with E-state index >= 15 is 0 Å². The fourth-order valence-corrected chi connectivity index (χ4v) is 2.43. The quantitative estimate of drug-likeness (QED) is 0.708. The molecule has 3 aromatic rings. The minimum atomic E-state index is -0.251. The standard InChI is InChI=1S/C18H16N2O3/c19-10-15(21)13-6-8-16(18-14(13)7-9-17(22)20-18)23-11-12-4-2-1-3-5-12/h1-9H,10-11,19H2,(H,20,22). The summed E-state index contributed by atoms with van der Waals surface area (Å²) in [6.07, 6.45) is 0. The highest BCUT2D eigenvalue weighted by molar-refractivity contribution is 6.09. The molecule has 116 valence electrons. The van der Waals surface area contributed by atoms with E-state index in [1.165, 1.54) is 6.07 Å². The molecule has 0 amide bonds. The number of pyridine rings is 1. The van der Waals surface area contributed by atoms with Crippen LogP contribution in [0, 0.1) is 0 Å². The Morgan fingerprint density at radius 2 is 1.83 bits per heavy atom. The molecule has 3 rings (SSSR count). The third-order valence-corrected chi connectivity index (χ3v) is 3.58. The highest BCUT2D eigenvalue weighted by Crippen LogP contribution is 2.27. The van der Waals surface area contributed by atoms with Crippen LogP contribution in [0.3, 0.4) is 0 Å². The van der Waals surface area contributed by atoms with Gasteiger partial charge in [-0.2, -0.15) is 0 Å². The van der Waals surface area contributed by atoms with Gasteiger partial charge in [0.15, 0.2) is 5.78 Å². The molecule has 0 aliphatic heterocycles. The van der Waals surface area contributed by atoms with E-state index in [1.807, 2.05) is 30.3 Å².